The lowest BCUT2D eigenvalue weighted by Crippen LogP contribution is -2.49. The SMILES string of the molecule is C=Cc1cc(-c2ccc3c(ccc4sc5c(c43)N(C(=O)OC(C)(C)C)C[C@@H](C)N(C(=O)OC(C)(C)C)C5=O)n2)c(C)cn1. The first kappa shape index (κ1) is 30.2. The number of ether oxygens (including phenoxy) is 2. The topological polar surface area (TPSA) is 102 Å². The van der Waals surface area contributed by atoms with E-state index in [2.05, 4.69) is 11.6 Å². The number of pyridine rings is 2. The minimum absolute atomic E-state index is 0.0289. The molecule has 0 saturated carbocycles. The quantitative estimate of drug-likeness (QED) is 0.230. The summed E-state index contributed by atoms with van der Waals surface area (Å²) < 4.78 is 12.2. The zero-order valence-corrected chi connectivity index (χ0v) is 26.6. The molecule has 0 saturated heterocycles. The summed E-state index contributed by atoms with van der Waals surface area (Å²) in [7, 11) is 0. The van der Waals surface area contributed by atoms with Crippen LogP contribution in [0.2, 0.25) is 0 Å². The Morgan fingerprint density at radius 3 is 2.37 bits per heavy atom. The molecule has 0 unspecified atom stereocenters. The lowest BCUT2D eigenvalue weighted by atomic mass is 10.0. The normalized spacial score (nSPS) is 15.8. The second-order valence-corrected chi connectivity index (χ2v) is 13.8. The summed E-state index contributed by atoms with van der Waals surface area (Å²) in [5.74, 6) is -0.522. The highest BCUT2D eigenvalue weighted by molar-refractivity contribution is 7.21. The first-order valence-corrected chi connectivity index (χ1v) is 14.9. The second-order valence-electron chi connectivity index (χ2n) is 12.7. The molecule has 0 spiro atoms. The molecule has 9 nitrogen and oxygen atoms in total. The van der Waals surface area contributed by atoms with Gasteiger partial charge >= 0.3 is 12.2 Å². The maximum atomic E-state index is 14.1. The fourth-order valence-corrected chi connectivity index (χ4v) is 6.23. The van der Waals surface area contributed by atoms with Gasteiger partial charge in [-0.15, -0.1) is 11.3 Å². The van der Waals surface area contributed by atoms with Crippen molar-refractivity contribution in [3.63, 3.8) is 0 Å². The predicted octanol–water partition coefficient (Wildman–Crippen LogP) is 7.98. The van der Waals surface area contributed by atoms with Gasteiger partial charge in [-0.25, -0.2) is 19.5 Å². The van der Waals surface area contributed by atoms with Gasteiger partial charge in [-0.05, 0) is 97.4 Å². The fraction of sp³-hybridized carbons (Fsp3) is 0.364. The van der Waals surface area contributed by atoms with Crippen molar-refractivity contribution in [3.05, 3.63) is 59.2 Å². The zero-order valence-electron chi connectivity index (χ0n) is 25.8. The molecule has 0 aliphatic carbocycles. The third-order valence-corrected chi connectivity index (χ3v) is 8.01. The van der Waals surface area contributed by atoms with Gasteiger partial charge in [0.2, 0.25) is 0 Å². The summed E-state index contributed by atoms with van der Waals surface area (Å²) >= 11 is 1.23. The Labute approximate surface area is 255 Å². The van der Waals surface area contributed by atoms with Gasteiger partial charge in [-0.1, -0.05) is 6.58 Å². The summed E-state index contributed by atoms with van der Waals surface area (Å²) in [4.78, 5) is 53.3. The van der Waals surface area contributed by atoms with Crippen LogP contribution in [0.3, 0.4) is 0 Å². The molecule has 1 atom stereocenters. The molecule has 1 aliphatic heterocycles. The van der Waals surface area contributed by atoms with Crippen LogP contribution in [0, 0.1) is 6.92 Å². The molecule has 4 aromatic rings. The molecule has 0 bridgehead atoms. The molecule has 0 radical (unpaired) electrons. The standard InChI is InChI=1S/C33H36N4O5S/c1-10-20-15-22(18(2)16-34-20)24-12-11-21-23(35-24)13-14-25-26(21)27-28(43-25)29(38)37(31(40)42-33(7,8)9)19(3)17-36(27)30(39)41-32(4,5)6/h10-16,19H,1,17H2,2-9H3/t19-/m1/s1. The van der Waals surface area contributed by atoms with E-state index in [1.807, 2.05) is 37.3 Å². The van der Waals surface area contributed by atoms with Crippen molar-refractivity contribution in [2.75, 3.05) is 11.4 Å². The molecule has 0 fully saturated rings. The van der Waals surface area contributed by atoms with Crippen LogP contribution >= 0.6 is 11.3 Å². The third-order valence-electron chi connectivity index (χ3n) is 6.88. The highest BCUT2D eigenvalue weighted by Gasteiger charge is 2.42. The van der Waals surface area contributed by atoms with Gasteiger partial charge in [0.1, 0.15) is 16.1 Å². The van der Waals surface area contributed by atoms with Gasteiger partial charge in [0.25, 0.3) is 5.91 Å². The molecule has 0 N–H and O–H groups in total. The monoisotopic (exact) mass is 600 g/mol. The van der Waals surface area contributed by atoms with Crippen molar-refractivity contribution >= 4 is 62.2 Å². The molecule has 1 aliphatic rings. The minimum Gasteiger partial charge on any atom is -0.443 e. The van der Waals surface area contributed by atoms with E-state index in [-0.39, 0.29) is 11.4 Å². The molecular formula is C33H36N4O5S. The number of nitrogens with zero attached hydrogens (tertiary/aromatic N) is 4. The smallest absolute Gasteiger partial charge is 0.417 e. The summed E-state index contributed by atoms with van der Waals surface area (Å²) in [6.45, 7) is 18.2. The van der Waals surface area contributed by atoms with Crippen molar-refractivity contribution in [2.24, 2.45) is 0 Å². The van der Waals surface area contributed by atoms with Crippen molar-refractivity contribution in [2.45, 2.75) is 72.6 Å². The van der Waals surface area contributed by atoms with E-state index in [4.69, 9.17) is 14.5 Å². The second kappa shape index (κ2) is 10.8. The summed E-state index contributed by atoms with van der Waals surface area (Å²) in [5.41, 5.74) is 2.93. The van der Waals surface area contributed by atoms with E-state index in [0.29, 0.717) is 16.6 Å². The maximum Gasteiger partial charge on any atom is 0.417 e. The van der Waals surface area contributed by atoms with E-state index in [9.17, 15) is 14.4 Å². The zero-order chi connectivity index (χ0) is 31.4. The van der Waals surface area contributed by atoms with Crippen molar-refractivity contribution < 1.29 is 23.9 Å². The summed E-state index contributed by atoms with van der Waals surface area (Å²) in [6, 6.07) is 8.94. The Hall–Kier alpha value is -4.31. The number of imide groups is 1. The molecule has 1 aromatic carbocycles. The van der Waals surface area contributed by atoms with Gasteiger partial charge in [0, 0.05) is 27.2 Å². The number of carbonyl (C=O) groups is 3. The van der Waals surface area contributed by atoms with E-state index in [1.54, 1.807) is 60.7 Å². The number of aryl methyl sites for hydroxylation is 1. The average Bonchev–Trinajstić information content (AvgIpc) is 3.25. The number of rotatable bonds is 2. The highest BCUT2D eigenvalue weighted by Crippen LogP contribution is 2.45. The molecule has 10 heteroatoms. The molecule has 3 aromatic heterocycles. The van der Waals surface area contributed by atoms with E-state index >= 15 is 0 Å². The third kappa shape index (κ3) is 5.84. The number of thiophene rings is 1. The maximum absolute atomic E-state index is 14.1. The summed E-state index contributed by atoms with van der Waals surface area (Å²) in [5, 5.41) is 1.47. The number of fused-ring (bicyclic) bond motifs is 5. The average molecular weight is 601 g/mol. The minimum atomic E-state index is -0.809. The van der Waals surface area contributed by atoms with Crippen molar-refractivity contribution in [1.29, 1.82) is 0 Å². The van der Waals surface area contributed by atoms with Crippen molar-refractivity contribution in [1.82, 2.24) is 14.9 Å². The first-order chi connectivity index (χ1) is 20.1. The van der Waals surface area contributed by atoms with Crippen LogP contribution in [-0.4, -0.2) is 56.8 Å². The Morgan fingerprint density at radius 1 is 1.05 bits per heavy atom. The van der Waals surface area contributed by atoms with Crippen LogP contribution in [0.15, 0.2) is 43.1 Å². The molecule has 3 amide bonds. The largest absolute Gasteiger partial charge is 0.443 e. The van der Waals surface area contributed by atoms with E-state index in [1.165, 1.54) is 16.2 Å². The number of aromatic nitrogens is 2. The Kier molecular flexibility index (Phi) is 7.54. The Balaban J connectivity index is 1.73. The van der Waals surface area contributed by atoms with Crippen LogP contribution in [0.5, 0.6) is 0 Å². The molecule has 4 heterocycles. The van der Waals surface area contributed by atoms with Gasteiger partial charge in [-0.2, -0.15) is 0 Å². The number of amides is 3. The molecule has 5 rings (SSSR count). The molecular weight excluding hydrogens is 564 g/mol. The van der Waals surface area contributed by atoms with Gasteiger partial charge in [-0.3, -0.25) is 14.7 Å². The van der Waals surface area contributed by atoms with Crippen LogP contribution in [0.25, 0.3) is 38.3 Å². The first-order valence-electron chi connectivity index (χ1n) is 14.1. The number of hydrogen-bond acceptors (Lipinski definition) is 8. The Morgan fingerprint density at radius 2 is 1.72 bits per heavy atom. The van der Waals surface area contributed by atoms with Crippen LogP contribution in [-0.2, 0) is 9.47 Å². The van der Waals surface area contributed by atoms with Gasteiger partial charge in [0.15, 0.2) is 0 Å². The van der Waals surface area contributed by atoms with E-state index < -0.39 is 35.3 Å². The molecule has 43 heavy (non-hydrogen) atoms. The van der Waals surface area contributed by atoms with Crippen LogP contribution in [0.4, 0.5) is 15.3 Å². The van der Waals surface area contributed by atoms with Gasteiger partial charge < -0.3 is 9.47 Å². The fourth-order valence-electron chi connectivity index (χ4n) is 5.07. The molecule has 224 valence electrons. The predicted molar refractivity (Wildman–Crippen MR) is 171 cm³/mol. The Bertz CT molecular complexity index is 1800. The number of benzene rings is 1. The van der Waals surface area contributed by atoms with Crippen LogP contribution < -0.4 is 4.90 Å². The number of hydrogen-bond donors (Lipinski definition) is 0. The lowest BCUT2D eigenvalue weighted by molar-refractivity contribution is 0.0182. The lowest BCUT2D eigenvalue weighted by Gasteiger charge is -2.31. The number of carbonyl (C=O) groups excluding carboxylic acids is 3. The van der Waals surface area contributed by atoms with Gasteiger partial charge in [0.05, 0.1) is 35.2 Å². The number of anilines is 1. The van der Waals surface area contributed by atoms with Crippen molar-refractivity contribution in [3.8, 4) is 11.3 Å². The van der Waals surface area contributed by atoms with Crippen LogP contribution in [0.1, 0.15) is 69.4 Å². The summed E-state index contributed by atoms with van der Waals surface area (Å²) in [6.07, 6.45) is 2.12. The highest BCUT2D eigenvalue weighted by atomic mass is 32.1. The van der Waals surface area contributed by atoms with E-state index in [0.717, 1.165) is 37.5 Å².